The van der Waals surface area contributed by atoms with E-state index >= 15 is 0 Å². The number of hydrogen-bond donors (Lipinski definition) is 1. The molecule has 1 saturated heterocycles. The summed E-state index contributed by atoms with van der Waals surface area (Å²) in [5, 5.41) is 2.29. The fraction of sp³-hybridized carbons (Fsp3) is 0.263. The lowest BCUT2D eigenvalue weighted by atomic mass is 10.1. The molecule has 2 aromatic rings. The average molecular weight is 325 g/mol. The standard InChI is InChI=1S/C19H19NO4/c1-13-9-15(23-12-14-5-3-2-4-6-14)11-16(10-13)24-17-7-8-18(21)20-19(17)22/h2-6,9-11,17H,7-8,12H2,1H3,(H,20,21,22). The normalized spacial score (nSPS) is 17.3. The van der Waals surface area contributed by atoms with Gasteiger partial charge in [0.15, 0.2) is 6.10 Å². The quantitative estimate of drug-likeness (QED) is 0.859. The summed E-state index contributed by atoms with van der Waals surface area (Å²) >= 11 is 0. The Bertz CT molecular complexity index is 742. The zero-order chi connectivity index (χ0) is 16.9. The van der Waals surface area contributed by atoms with Gasteiger partial charge in [-0.1, -0.05) is 30.3 Å². The number of aryl methyl sites for hydroxylation is 1. The van der Waals surface area contributed by atoms with Gasteiger partial charge in [-0.25, -0.2) is 0 Å². The van der Waals surface area contributed by atoms with Gasteiger partial charge in [0, 0.05) is 18.9 Å². The smallest absolute Gasteiger partial charge is 0.267 e. The predicted octanol–water partition coefficient (Wildman–Crippen LogP) is 2.76. The van der Waals surface area contributed by atoms with Gasteiger partial charge in [0.05, 0.1) is 0 Å². The maximum absolute atomic E-state index is 11.8. The lowest BCUT2D eigenvalue weighted by molar-refractivity contribution is -0.138. The van der Waals surface area contributed by atoms with Crippen LogP contribution >= 0.6 is 0 Å². The maximum Gasteiger partial charge on any atom is 0.267 e. The second kappa shape index (κ2) is 7.17. The van der Waals surface area contributed by atoms with Crippen molar-refractivity contribution in [2.24, 2.45) is 0 Å². The lowest BCUT2D eigenvalue weighted by Crippen LogP contribution is -2.46. The Morgan fingerprint density at radius 2 is 1.83 bits per heavy atom. The van der Waals surface area contributed by atoms with Gasteiger partial charge < -0.3 is 9.47 Å². The summed E-state index contributed by atoms with van der Waals surface area (Å²) in [4.78, 5) is 23.0. The van der Waals surface area contributed by atoms with E-state index < -0.39 is 6.10 Å². The Hall–Kier alpha value is -2.82. The summed E-state index contributed by atoms with van der Waals surface area (Å²) in [5.74, 6) is 0.601. The number of hydrogen-bond acceptors (Lipinski definition) is 4. The van der Waals surface area contributed by atoms with Crippen molar-refractivity contribution in [1.29, 1.82) is 0 Å². The monoisotopic (exact) mass is 325 g/mol. The molecule has 3 rings (SSSR count). The zero-order valence-corrected chi connectivity index (χ0v) is 13.5. The molecule has 0 aliphatic carbocycles. The third kappa shape index (κ3) is 4.13. The van der Waals surface area contributed by atoms with E-state index in [1.165, 1.54) is 0 Å². The van der Waals surface area contributed by atoms with E-state index in [0.717, 1.165) is 11.1 Å². The van der Waals surface area contributed by atoms with Gasteiger partial charge in [0.2, 0.25) is 5.91 Å². The van der Waals surface area contributed by atoms with Gasteiger partial charge >= 0.3 is 0 Å². The molecule has 0 radical (unpaired) electrons. The summed E-state index contributed by atoms with van der Waals surface area (Å²) in [7, 11) is 0. The van der Waals surface area contributed by atoms with Gasteiger partial charge in [0.25, 0.3) is 5.91 Å². The van der Waals surface area contributed by atoms with E-state index in [-0.39, 0.29) is 11.8 Å². The van der Waals surface area contributed by atoms with E-state index in [4.69, 9.17) is 9.47 Å². The molecule has 124 valence electrons. The third-order valence-corrected chi connectivity index (χ3v) is 3.74. The van der Waals surface area contributed by atoms with Crippen molar-refractivity contribution in [1.82, 2.24) is 5.32 Å². The van der Waals surface area contributed by atoms with E-state index in [1.54, 1.807) is 6.07 Å². The molecule has 1 N–H and O–H groups in total. The summed E-state index contributed by atoms with van der Waals surface area (Å²) in [6.45, 7) is 2.40. The Morgan fingerprint density at radius 1 is 1.08 bits per heavy atom. The highest BCUT2D eigenvalue weighted by Crippen LogP contribution is 2.25. The number of rotatable bonds is 5. The molecule has 0 spiro atoms. The molecule has 24 heavy (non-hydrogen) atoms. The predicted molar refractivity (Wildman–Crippen MR) is 88.8 cm³/mol. The average Bonchev–Trinajstić information content (AvgIpc) is 2.56. The lowest BCUT2D eigenvalue weighted by Gasteiger charge is -2.22. The fourth-order valence-electron chi connectivity index (χ4n) is 2.56. The van der Waals surface area contributed by atoms with E-state index in [0.29, 0.717) is 30.9 Å². The van der Waals surface area contributed by atoms with Crippen LogP contribution in [0.5, 0.6) is 11.5 Å². The number of amides is 2. The Balaban J connectivity index is 1.67. The molecule has 1 aliphatic heterocycles. The molecule has 1 atom stereocenters. The molecular weight excluding hydrogens is 306 g/mol. The molecule has 0 saturated carbocycles. The molecule has 1 fully saturated rings. The van der Waals surface area contributed by atoms with Crippen molar-refractivity contribution in [2.45, 2.75) is 32.5 Å². The highest BCUT2D eigenvalue weighted by molar-refractivity contribution is 5.99. The number of carbonyl (C=O) groups is 2. The summed E-state index contributed by atoms with van der Waals surface area (Å²) < 4.78 is 11.6. The molecule has 1 unspecified atom stereocenters. The molecule has 1 heterocycles. The molecule has 5 heteroatoms. The molecular formula is C19H19NO4. The van der Waals surface area contributed by atoms with Crippen molar-refractivity contribution in [3.8, 4) is 11.5 Å². The van der Waals surface area contributed by atoms with Gasteiger partial charge in [-0.2, -0.15) is 0 Å². The highest BCUT2D eigenvalue weighted by atomic mass is 16.5. The van der Waals surface area contributed by atoms with Crippen molar-refractivity contribution >= 4 is 11.8 Å². The van der Waals surface area contributed by atoms with E-state index in [1.807, 2.05) is 49.4 Å². The van der Waals surface area contributed by atoms with Crippen LogP contribution in [0.3, 0.4) is 0 Å². The van der Waals surface area contributed by atoms with Crippen LogP contribution in [-0.2, 0) is 16.2 Å². The van der Waals surface area contributed by atoms with Crippen LogP contribution in [0.25, 0.3) is 0 Å². The second-order valence-electron chi connectivity index (χ2n) is 5.81. The van der Waals surface area contributed by atoms with Gasteiger partial charge in [-0.15, -0.1) is 0 Å². The zero-order valence-electron chi connectivity index (χ0n) is 13.5. The third-order valence-electron chi connectivity index (χ3n) is 3.74. The fourth-order valence-corrected chi connectivity index (χ4v) is 2.56. The number of imide groups is 1. The summed E-state index contributed by atoms with van der Waals surface area (Å²) in [6.07, 6.45) is 0.0322. The Morgan fingerprint density at radius 3 is 2.58 bits per heavy atom. The summed E-state index contributed by atoms with van der Waals surface area (Å²) in [6, 6.07) is 15.4. The topological polar surface area (TPSA) is 64.6 Å². The first-order valence-electron chi connectivity index (χ1n) is 7.89. The first kappa shape index (κ1) is 16.1. The molecule has 2 amide bonds. The second-order valence-corrected chi connectivity index (χ2v) is 5.81. The van der Waals surface area contributed by atoms with Crippen LogP contribution < -0.4 is 14.8 Å². The molecule has 0 aromatic heterocycles. The van der Waals surface area contributed by atoms with E-state index in [2.05, 4.69) is 5.32 Å². The van der Waals surface area contributed by atoms with Crippen molar-refractivity contribution < 1.29 is 19.1 Å². The number of nitrogens with one attached hydrogen (secondary N) is 1. The molecule has 1 aliphatic rings. The van der Waals surface area contributed by atoms with Gasteiger partial charge in [0.1, 0.15) is 18.1 Å². The number of ether oxygens (including phenoxy) is 2. The van der Waals surface area contributed by atoms with Crippen LogP contribution in [0.1, 0.15) is 24.0 Å². The van der Waals surface area contributed by atoms with Crippen LogP contribution in [0.4, 0.5) is 0 Å². The molecule has 0 bridgehead atoms. The maximum atomic E-state index is 11.8. The number of carbonyl (C=O) groups excluding carboxylic acids is 2. The minimum Gasteiger partial charge on any atom is -0.489 e. The van der Waals surface area contributed by atoms with Gasteiger partial charge in [-0.05, 0) is 30.2 Å². The molecule has 5 nitrogen and oxygen atoms in total. The first-order valence-corrected chi connectivity index (χ1v) is 7.89. The minimum absolute atomic E-state index is 0.254. The van der Waals surface area contributed by atoms with Crippen molar-refractivity contribution in [3.63, 3.8) is 0 Å². The summed E-state index contributed by atoms with van der Waals surface area (Å²) in [5.41, 5.74) is 2.05. The first-order chi connectivity index (χ1) is 11.6. The Kier molecular flexibility index (Phi) is 4.79. The number of benzene rings is 2. The van der Waals surface area contributed by atoms with E-state index in [9.17, 15) is 9.59 Å². The Labute approximate surface area is 140 Å². The molecule has 2 aromatic carbocycles. The SMILES string of the molecule is Cc1cc(OCc2ccccc2)cc(OC2CCC(=O)NC2=O)c1. The van der Waals surface area contributed by atoms with Crippen LogP contribution in [0.2, 0.25) is 0 Å². The number of piperidine rings is 1. The van der Waals surface area contributed by atoms with Crippen molar-refractivity contribution in [3.05, 3.63) is 59.7 Å². The minimum atomic E-state index is -0.647. The van der Waals surface area contributed by atoms with Crippen LogP contribution in [0, 0.1) is 6.92 Å². The highest BCUT2D eigenvalue weighted by Gasteiger charge is 2.28. The van der Waals surface area contributed by atoms with Gasteiger partial charge in [-0.3, -0.25) is 14.9 Å². The van der Waals surface area contributed by atoms with Crippen molar-refractivity contribution in [2.75, 3.05) is 0 Å². The van der Waals surface area contributed by atoms with Crippen LogP contribution in [0.15, 0.2) is 48.5 Å². The largest absolute Gasteiger partial charge is 0.489 e. The van der Waals surface area contributed by atoms with Crippen LogP contribution in [-0.4, -0.2) is 17.9 Å².